The molecular weight excluding hydrogens is 320 g/mol. The van der Waals surface area contributed by atoms with Crippen LogP contribution in [0.2, 0.25) is 0 Å². The lowest BCUT2D eigenvalue weighted by molar-refractivity contribution is 0.00578. The summed E-state index contributed by atoms with van der Waals surface area (Å²) >= 11 is 0. The molecule has 0 aliphatic carbocycles. The van der Waals surface area contributed by atoms with Crippen LogP contribution in [0.4, 0.5) is 0 Å². The van der Waals surface area contributed by atoms with E-state index in [1.165, 1.54) is 0 Å². The lowest BCUT2D eigenvalue weighted by Crippen LogP contribution is -2.44. The van der Waals surface area contributed by atoms with Crippen LogP contribution >= 0.6 is 0 Å². The molecule has 0 spiro atoms. The zero-order valence-electron chi connectivity index (χ0n) is 15.3. The van der Waals surface area contributed by atoms with Crippen LogP contribution in [-0.4, -0.2) is 81.2 Å². The number of β-amino-alcohol motifs (C(OH)–C–C–N with tert-alkyl or cyclic N) is 1. The Hall–Kier alpha value is -1.34. The molecule has 6 heteroatoms. The maximum Gasteiger partial charge on any atom is 0.123 e. The van der Waals surface area contributed by atoms with Gasteiger partial charge in [0.1, 0.15) is 11.5 Å². The van der Waals surface area contributed by atoms with E-state index in [4.69, 9.17) is 14.2 Å². The lowest BCUT2D eigenvalue weighted by atomic mass is 10.0. The first kappa shape index (κ1) is 18.5. The summed E-state index contributed by atoms with van der Waals surface area (Å²) < 4.78 is 16.3. The number of rotatable bonds is 7. The number of ether oxygens (including phenoxy) is 3. The number of likely N-dealkylation sites (tertiary alicyclic amines) is 1. The third-order valence-corrected chi connectivity index (χ3v) is 5.18. The minimum Gasteiger partial charge on any atom is -0.497 e. The predicted octanol–water partition coefficient (Wildman–Crippen LogP) is 1.53. The van der Waals surface area contributed by atoms with Crippen molar-refractivity contribution in [3.8, 4) is 11.5 Å². The van der Waals surface area contributed by atoms with E-state index in [0.717, 1.165) is 62.8 Å². The van der Waals surface area contributed by atoms with Crippen LogP contribution in [0.5, 0.6) is 11.5 Å². The number of hydrogen-bond acceptors (Lipinski definition) is 6. The van der Waals surface area contributed by atoms with Crippen molar-refractivity contribution in [2.24, 2.45) is 0 Å². The van der Waals surface area contributed by atoms with E-state index in [2.05, 4.69) is 15.9 Å². The SMILES string of the molecule is COc1ccc(OC)c([C@@H]2CCCN2C[C@@H](O)CN2CCOCC2)c1. The molecular formula is C19H30N2O4. The average Bonchev–Trinajstić information content (AvgIpc) is 3.09. The maximum absolute atomic E-state index is 10.6. The van der Waals surface area contributed by atoms with Gasteiger partial charge in [-0.3, -0.25) is 9.80 Å². The summed E-state index contributed by atoms with van der Waals surface area (Å²) in [5.41, 5.74) is 1.15. The summed E-state index contributed by atoms with van der Waals surface area (Å²) in [6, 6.07) is 6.23. The zero-order valence-corrected chi connectivity index (χ0v) is 15.3. The molecule has 0 amide bonds. The molecule has 6 nitrogen and oxygen atoms in total. The van der Waals surface area contributed by atoms with Crippen LogP contribution in [0.3, 0.4) is 0 Å². The fourth-order valence-electron chi connectivity index (χ4n) is 3.91. The van der Waals surface area contributed by atoms with E-state index >= 15 is 0 Å². The molecule has 0 radical (unpaired) electrons. The van der Waals surface area contributed by atoms with Crippen LogP contribution in [0, 0.1) is 0 Å². The van der Waals surface area contributed by atoms with Gasteiger partial charge in [0.15, 0.2) is 0 Å². The number of morpholine rings is 1. The lowest BCUT2D eigenvalue weighted by Gasteiger charge is -2.32. The molecule has 0 unspecified atom stereocenters. The number of nitrogens with zero attached hydrogens (tertiary/aromatic N) is 2. The molecule has 3 rings (SSSR count). The van der Waals surface area contributed by atoms with Gasteiger partial charge in [0, 0.05) is 37.8 Å². The van der Waals surface area contributed by atoms with Crippen LogP contribution in [0.15, 0.2) is 18.2 Å². The fourth-order valence-corrected chi connectivity index (χ4v) is 3.91. The second-order valence-corrected chi connectivity index (χ2v) is 6.83. The number of aliphatic hydroxyl groups excluding tert-OH is 1. The minimum absolute atomic E-state index is 0.268. The van der Waals surface area contributed by atoms with E-state index in [9.17, 15) is 5.11 Å². The highest BCUT2D eigenvalue weighted by Gasteiger charge is 2.30. The average molecular weight is 350 g/mol. The van der Waals surface area contributed by atoms with Gasteiger partial charge in [-0.1, -0.05) is 0 Å². The van der Waals surface area contributed by atoms with Gasteiger partial charge in [-0.25, -0.2) is 0 Å². The number of hydrogen-bond donors (Lipinski definition) is 1. The van der Waals surface area contributed by atoms with Crippen molar-refractivity contribution in [2.75, 3.05) is 60.2 Å². The summed E-state index contributed by atoms with van der Waals surface area (Å²) in [6.07, 6.45) is 1.86. The molecule has 1 aromatic carbocycles. The van der Waals surface area contributed by atoms with Crippen molar-refractivity contribution >= 4 is 0 Å². The molecule has 2 saturated heterocycles. The first-order valence-electron chi connectivity index (χ1n) is 9.15. The molecule has 2 aliphatic heterocycles. The Labute approximate surface area is 150 Å². The second kappa shape index (κ2) is 8.85. The van der Waals surface area contributed by atoms with Gasteiger partial charge >= 0.3 is 0 Å². The highest BCUT2D eigenvalue weighted by Crippen LogP contribution is 2.38. The first-order valence-corrected chi connectivity index (χ1v) is 9.15. The standard InChI is InChI=1S/C19H30N2O4/c1-23-16-5-6-19(24-2)17(12-16)18-4-3-7-21(18)14-15(22)13-20-8-10-25-11-9-20/h5-6,12,15,18,22H,3-4,7-11,13-14H2,1-2H3/t15-,18-/m0/s1. The van der Waals surface area contributed by atoms with Crippen LogP contribution in [0.1, 0.15) is 24.4 Å². The second-order valence-electron chi connectivity index (χ2n) is 6.83. The smallest absolute Gasteiger partial charge is 0.123 e. The molecule has 1 aromatic rings. The molecule has 0 saturated carbocycles. The molecule has 2 aliphatic rings. The van der Waals surface area contributed by atoms with Gasteiger partial charge < -0.3 is 19.3 Å². The van der Waals surface area contributed by atoms with E-state index in [-0.39, 0.29) is 12.1 Å². The number of methoxy groups -OCH3 is 2. The third kappa shape index (κ3) is 4.64. The van der Waals surface area contributed by atoms with Crippen molar-refractivity contribution in [3.63, 3.8) is 0 Å². The van der Waals surface area contributed by atoms with E-state index < -0.39 is 0 Å². The van der Waals surface area contributed by atoms with Gasteiger partial charge in [-0.2, -0.15) is 0 Å². The monoisotopic (exact) mass is 350 g/mol. The normalized spacial score (nSPS) is 23.6. The first-order chi connectivity index (χ1) is 12.2. The van der Waals surface area contributed by atoms with E-state index in [1.54, 1.807) is 14.2 Å². The Balaban J connectivity index is 1.65. The molecule has 140 valence electrons. The van der Waals surface area contributed by atoms with Crippen molar-refractivity contribution in [1.29, 1.82) is 0 Å². The Morgan fingerprint density at radius 3 is 2.68 bits per heavy atom. The fraction of sp³-hybridized carbons (Fsp3) is 0.684. The predicted molar refractivity (Wildman–Crippen MR) is 96.4 cm³/mol. The number of aliphatic hydroxyl groups is 1. The molecule has 1 N–H and O–H groups in total. The summed E-state index contributed by atoms with van der Waals surface area (Å²) in [4.78, 5) is 4.66. The third-order valence-electron chi connectivity index (χ3n) is 5.18. The molecule has 0 aromatic heterocycles. The Morgan fingerprint density at radius 2 is 1.96 bits per heavy atom. The van der Waals surface area contributed by atoms with Crippen LogP contribution in [-0.2, 0) is 4.74 Å². The summed E-state index contributed by atoms with van der Waals surface area (Å²) in [5, 5.41) is 10.6. The summed E-state index contributed by atoms with van der Waals surface area (Å²) in [6.45, 7) is 5.74. The largest absolute Gasteiger partial charge is 0.497 e. The molecule has 25 heavy (non-hydrogen) atoms. The minimum atomic E-state index is -0.352. The number of benzene rings is 1. The van der Waals surface area contributed by atoms with Crippen molar-refractivity contribution in [3.05, 3.63) is 23.8 Å². The Kier molecular flexibility index (Phi) is 6.53. The van der Waals surface area contributed by atoms with Gasteiger partial charge in [0.05, 0.1) is 33.5 Å². The van der Waals surface area contributed by atoms with Gasteiger partial charge in [0.25, 0.3) is 0 Å². The van der Waals surface area contributed by atoms with Crippen molar-refractivity contribution < 1.29 is 19.3 Å². The zero-order chi connectivity index (χ0) is 17.6. The van der Waals surface area contributed by atoms with Gasteiger partial charge in [0.2, 0.25) is 0 Å². The van der Waals surface area contributed by atoms with E-state index in [0.29, 0.717) is 13.1 Å². The van der Waals surface area contributed by atoms with Crippen LogP contribution < -0.4 is 9.47 Å². The molecule has 2 atom stereocenters. The Bertz CT molecular complexity index is 548. The molecule has 2 heterocycles. The molecule has 2 fully saturated rings. The summed E-state index contributed by atoms with van der Waals surface area (Å²) in [5.74, 6) is 1.73. The van der Waals surface area contributed by atoms with Gasteiger partial charge in [-0.05, 0) is 37.6 Å². The molecule has 0 bridgehead atoms. The topological polar surface area (TPSA) is 54.4 Å². The highest BCUT2D eigenvalue weighted by atomic mass is 16.5. The van der Waals surface area contributed by atoms with Crippen LogP contribution in [0.25, 0.3) is 0 Å². The van der Waals surface area contributed by atoms with Crippen molar-refractivity contribution in [1.82, 2.24) is 9.80 Å². The quantitative estimate of drug-likeness (QED) is 0.805. The Morgan fingerprint density at radius 1 is 1.16 bits per heavy atom. The summed E-state index contributed by atoms with van der Waals surface area (Å²) in [7, 11) is 3.39. The highest BCUT2D eigenvalue weighted by molar-refractivity contribution is 5.42. The maximum atomic E-state index is 10.6. The van der Waals surface area contributed by atoms with E-state index in [1.807, 2.05) is 12.1 Å². The van der Waals surface area contributed by atoms with Crippen molar-refractivity contribution in [2.45, 2.75) is 25.0 Å². The van der Waals surface area contributed by atoms with Gasteiger partial charge in [-0.15, -0.1) is 0 Å².